The SMILES string of the molecule is CCOC(=O)C(=O)C(C)=CN(C)C. The number of ether oxygens (including phenoxy) is 1. The molecule has 0 aromatic carbocycles. The van der Waals surface area contributed by atoms with Crippen molar-refractivity contribution < 1.29 is 14.3 Å². The third kappa shape index (κ3) is 4.30. The van der Waals surface area contributed by atoms with Crippen molar-refractivity contribution in [2.75, 3.05) is 20.7 Å². The highest BCUT2D eigenvalue weighted by Gasteiger charge is 2.16. The molecule has 0 saturated carbocycles. The first-order valence-corrected chi connectivity index (χ1v) is 4.05. The van der Waals surface area contributed by atoms with Crippen molar-refractivity contribution in [2.24, 2.45) is 0 Å². The maximum atomic E-state index is 11.2. The average molecular weight is 185 g/mol. The number of rotatable bonds is 4. The summed E-state index contributed by atoms with van der Waals surface area (Å²) < 4.78 is 4.56. The first kappa shape index (κ1) is 11.7. The van der Waals surface area contributed by atoms with Crippen molar-refractivity contribution in [3.8, 4) is 0 Å². The molecule has 4 heteroatoms. The number of esters is 1. The zero-order chi connectivity index (χ0) is 10.4. The fraction of sp³-hybridized carbons (Fsp3) is 0.556. The Morgan fingerprint density at radius 2 is 1.92 bits per heavy atom. The second-order valence-corrected chi connectivity index (χ2v) is 2.83. The summed E-state index contributed by atoms with van der Waals surface area (Å²) >= 11 is 0. The molecular formula is C9H15NO3. The van der Waals surface area contributed by atoms with E-state index < -0.39 is 11.8 Å². The van der Waals surface area contributed by atoms with Crippen LogP contribution in [0.15, 0.2) is 11.8 Å². The minimum absolute atomic E-state index is 0.222. The molecule has 0 amide bonds. The second kappa shape index (κ2) is 5.35. The zero-order valence-corrected chi connectivity index (χ0v) is 8.46. The molecule has 0 saturated heterocycles. The van der Waals surface area contributed by atoms with Crippen molar-refractivity contribution in [2.45, 2.75) is 13.8 Å². The van der Waals surface area contributed by atoms with Crippen LogP contribution in [0.25, 0.3) is 0 Å². The highest BCUT2D eigenvalue weighted by molar-refractivity contribution is 6.40. The minimum Gasteiger partial charge on any atom is -0.460 e. The number of nitrogens with zero attached hydrogens (tertiary/aromatic N) is 1. The van der Waals surface area contributed by atoms with Crippen LogP contribution >= 0.6 is 0 Å². The fourth-order valence-electron chi connectivity index (χ4n) is 0.804. The molecule has 0 aromatic rings. The molecule has 0 heterocycles. The Hall–Kier alpha value is -1.32. The Morgan fingerprint density at radius 1 is 1.38 bits per heavy atom. The Kier molecular flexibility index (Phi) is 4.80. The molecule has 0 rings (SSSR count). The van der Waals surface area contributed by atoms with Crippen LogP contribution in [0.4, 0.5) is 0 Å². The van der Waals surface area contributed by atoms with Gasteiger partial charge in [-0.3, -0.25) is 4.79 Å². The van der Waals surface area contributed by atoms with Crippen LogP contribution in [0.3, 0.4) is 0 Å². The minimum atomic E-state index is -0.793. The van der Waals surface area contributed by atoms with Gasteiger partial charge in [0, 0.05) is 25.9 Å². The Bertz CT molecular complexity index is 231. The first-order chi connectivity index (χ1) is 5.99. The number of ketones is 1. The molecule has 0 unspecified atom stereocenters. The van der Waals surface area contributed by atoms with E-state index in [-0.39, 0.29) is 6.61 Å². The van der Waals surface area contributed by atoms with Gasteiger partial charge in [-0.25, -0.2) is 4.79 Å². The summed E-state index contributed by atoms with van der Waals surface area (Å²) in [5.74, 6) is -1.38. The summed E-state index contributed by atoms with van der Waals surface area (Å²) in [6.07, 6.45) is 1.58. The van der Waals surface area contributed by atoms with E-state index in [1.807, 2.05) is 0 Å². The lowest BCUT2D eigenvalue weighted by atomic mass is 10.2. The van der Waals surface area contributed by atoms with Gasteiger partial charge in [0.1, 0.15) is 0 Å². The summed E-state index contributed by atoms with van der Waals surface area (Å²) in [5, 5.41) is 0. The molecular weight excluding hydrogens is 170 g/mol. The van der Waals surface area contributed by atoms with Gasteiger partial charge in [0.15, 0.2) is 0 Å². The van der Waals surface area contributed by atoms with E-state index in [0.717, 1.165) is 0 Å². The van der Waals surface area contributed by atoms with Crippen LogP contribution < -0.4 is 0 Å². The van der Waals surface area contributed by atoms with Crippen LogP contribution in [0.1, 0.15) is 13.8 Å². The Labute approximate surface area is 78.2 Å². The third-order valence-corrected chi connectivity index (χ3v) is 1.27. The number of hydrogen-bond donors (Lipinski definition) is 0. The molecule has 13 heavy (non-hydrogen) atoms. The standard InChI is InChI=1S/C9H15NO3/c1-5-13-9(12)8(11)7(2)6-10(3)4/h6H,5H2,1-4H3. The van der Waals surface area contributed by atoms with Gasteiger partial charge in [-0.15, -0.1) is 0 Å². The van der Waals surface area contributed by atoms with Crippen molar-refractivity contribution in [1.82, 2.24) is 4.90 Å². The number of carbonyl (C=O) groups is 2. The van der Waals surface area contributed by atoms with Gasteiger partial charge in [-0.2, -0.15) is 0 Å². The average Bonchev–Trinajstić information content (AvgIpc) is 2.02. The van der Waals surface area contributed by atoms with Crippen LogP contribution in [-0.4, -0.2) is 37.4 Å². The Morgan fingerprint density at radius 3 is 2.31 bits per heavy atom. The molecule has 0 aliphatic rings. The largest absolute Gasteiger partial charge is 0.460 e. The molecule has 0 atom stereocenters. The van der Waals surface area contributed by atoms with Gasteiger partial charge in [0.25, 0.3) is 5.78 Å². The highest BCUT2D eigenvalue weighted by Crippen LogP contribution is 1.98. The van der Waals surface area contributed by atoms with Crippen molar-refractivity contribution in [1.29, 1.82) is 0 Å². The summed E-state index contributed by atoms with van der Waals surface area (Å²) in [7, 11) is 3.56. The lowest BCUT2D eigenvalue weighted by molar-refractivity contribution is -0.151. The van der Waals surface area contributed by atoms with E-state index in [1.54, 1.807) is 39.0 Å². The van der Waals surface area contributed by atoms with Crippen LogP contribution in [0.5, 0.6) is 0 Å². The van der Waals surface area contributed by atoms with Gasteiger partial charge in [-0.05, 0) is 13.8 Å². The fourth-order valence-corrected chi connectivity index (χ4v) is 0.804. The van der Waals surface area contributed by atoms with Crippen molar-refractivity contribution in [3.63, 3.8) is 0 Å². The molecule has 4 nitrogen and oxygen atoms in total. The van der Waals surface area contributed by atoms with E-state index in [4.69, 9.17) is 0 Å². The Balaban J connectivity index is 4.34. The molecule has 0 radical (unpaired) electrons. The third-order valence-electron chi connectivity index (χ3n) is 1.27. The zero-order valence-electron chi connectivity index (χ0n) is 8.46. The summed E-state index contributed by atoms with van der Waals surface area (Å²) in [6.45, 7) is 3.47. The van der Waals surface area contributed by atoms with E-state index in [0.29, 0.717) is 5.57 Å². The molecule has 74 valence electrons. The second-order valence-electron chi connectivity index (χ2n) is 2.83. The molecule has 0 N–H and O–H groups in total. The molecule has 0 spiro atoms. The topological polar surface area (TPSA) is 46.6 Å². The number of Topliss-reactive ketones (excluding diaryl/α,β-unsaturated/α-hetero) is 1. The highest BCUT2D eigenvalue weighted by atomic mass is 16.5. The molecule has 0 aliphatic carbocycles. The van der Waals surface area contributed by atoms with Crippen LogP contribution in [0, 0.1) is 0 Å². The quantitative estimate of drug-likeness (QED) is 0.365. The van der Waals surface area contributed by atoms with Crippen LogP contribution in [-0.2, 0) is 14.3 Å². The summed E-state index contributed by atoms with van der Waals surface area (Å²) in [4.78, 5) is 23.8. The molecule has 0 aliphatic heterocycles. The molecule has 0 fully saturated rings. The first-order valence-electron chi connectivity index (χ1n) is 4.05. The van der Waals surface area contributed by atoms with Crippen molar-refractivity contribution in [3.05, 3.63) is 11.8 Å². The van der Waals surface area contributed by atoms with E-state index in [9.17, 15) is 9.59 Å². The maximum absolute atomic E-state index is 11.2. The number of hydrogen-bond acceptors (Lipinski definition) is 4. The summed E-state index contributed by atoms with van der Waals surface area (Å²) in [6, 6.07) is 0. The predicted octanol–water partition coefficient (Wildman–Crippen LogP) is 0.584. The van der Waals surface area contributed by atoms with E-state index in [1.165, 1.54) is 0 Å². The normalized spacial score (nSPS) is 10.9. The molecule has 0 aromatic heterocycles. The van der Waals surface area contributed by atoms with E-state index >= 15 is 0 Å². The predicted molar refractivity (Wildman–Crippen MR) is 49.1 cm³/mol. The van der Waals surface area contributed by atoms with Gasteiger partial charge in [0.05, 0.1) is 6.61 Å². The van der Waals surface area contributed by atoms with Crippen molar-refractivity contribution >= 4 is 11.8 Å². The van der Waals surface area contributed by atoms with E-state index in [2.05, 4.69) is 4.74 Å². The lowest BCUT2D eigenvalue weighted by Gasteiger charge is -2.06. The van der Waals surface area contributed by atoms with Gasteiger partial charge in [-0.1, -0.05) is 0 Å². The summed E-state index contributed by atoms with van der Waals surface area (Å²) in [5.41, 5.74) is 0.378. The monoisotopic (exact) mass is 185 g/mol. The van der Waals surface area contributed by atoms with Gasteiger partial charge in [0.2, 0.25) is 0 Å². The smallest absolute Gasteiger partial charge is 0.379 e. The van der Waals surface area contributed by atoms with Gasteiger partial charge >= 0.3 is 5.97 Å². The lowest BCUT2D eigenvalue weighted by Crippen LogP contribution is -2.19. The molecule has 0 bridgehead atoms. The van der Waals surface area contributed by atoms with Gasteiger partial charge < -0.3 is 9.64 Å². The van der Waals surface area contributed by atoms with Crippen LogP contribution in [0.2, 0.25) is 0 Å². The number of carbonyl (C=O) groups excluding carboxylic acids is 2. The maximum Gasteiger partial charge on any atom is 0.379 e.